The van der Waals surface area contributed by atoms with Crippen molar-refractivity contribution in [2.45, 2.75) is 98.7 Å². The Balaban J connectivity index is 0.00000247. The number of aromatic nitrogens is 2. The molecule has 212 valence electrons. The van der Waals surface area contributed by atoms with E-state index >= 15 is 0 Å². The van der Waals surface area contributed by atoms with Crippen LogP contribution in [-0.4, -0.2) is 47.9 Å². The van der Waals surface area contributed by atoms with Gasteiger partial charge in [-0.3, -0.25) is 14.3 Å². The van der Waals surface area contributed by atoms with Gasteiger partial charge in [0.2, 0.25) is 5.91 Å². The van der Waals surface area contributed by atoms with Gasteiger partial charge >= 0.3 is 0 Å². The largest absolute Gasteiger partial charge is 0.496 e. The predicted octanol–water partition coefficient (Wildman–Crippen LogP) is 5.84. The van der Waals surface area contributed by atoms with E-state index in [1.807, 2.05) is 36.7 Å². The fraction of sp³-hybridized carbons (Fsp3) is 0.633. The number of rotatable bonds is 12. The Labute approximate surface area is 228 Å². The van der Waals surface area contributed by atoms with Crippen molar-refractivity contribution in [1.29, 1.82) is 0 Å². The van der Waals surface area contributed by atoms with Crippen LogP contribution in [0, 0.1) is 11.8 Å². The Morgan fingerprint density at radius 1 is 1.03 bits per heavy atom. The van der Waals surface area contributed by atoms with E-state index in [4.69, 9.17) is 9.47 Å². The van der Waals surface area contributed by atoms with Gasteiger partial charge in [0.25, 0.3) is 5.91 Å². The van der Waals surface area contributed by atoms with E-state index in [0.29, 0.717) is 42.0 Å². The summed E-state index contributed by atoms with van der Waals surface area (Å²) in [4.78, 5) is 26.1. The summed E-state index contributed by atoms with van der Waals surface area (Å²) in [6.07, 6.45) is 5.37. The lowest BCUT2D eigenvalue weighted by Gasteiger charge is -2.21. The summed E-state index contributed by atoms with van der Waals surface area (Å²) in [5.41, 5.74) is 1.82. The summed E-state index contributed by atoms with van der Waals surface area (Å²) in [6, 6.07) is 7.38. The molecule has 2 amide bonds. The van der Waals surface area contributed by atoms with E-state index in [9.17, 15) is 9.59 Å². The number of benzene rings is 1. The first-order valence-corrected chi connectivity index (χ1v) is 14.1. The number of hydrogen-bond donors (Lipinski definition) is 2. The first-order chi connectivity index (χ1) is 18.2. The molecular weight excluding hydrogens is 480 g/mol. The SMILES string of the molecule is CC.COc1cccc(OC)c1-c1cc(C(=O)NC(CC(=O)NC2CCCC2)CC(C)C)nn1CC(C)C. The third-order valence-electron chi connectivity index (χ3n) is 6.48. The summed E-state index contributed by atoms with van der Waals surface area (Å²) in [7, 11) is 3.23. The molecule has 2 aromatic rings. The Morgan fingerprint density at radius 2 is 1.63 bits per heavy atom. The van der Waals surface area contributed by atoms with Crippen LogP contribution in [0.3, 0.4) is 0 Å². The fourth-order valence-electron chi connectivity index (χ4n) is 4.92. The molecule has 1 aliphatic rings. The van der Waals surface area contributed by atoms with Crippen molar-refractivity contribution in [2.75, 3.05) is 14.2 Å². The zero-order chi connectivity index (χ0) is 28.2. The van der Waals surface area contributed by atoms with Crippen LogP contribution in [0.15, 0.2) is 24.3 Å². The maximum Gasteiger partial charge on any atom is 0.272 e. The number of ether oxygens (including phenoxy) is 2. The zero-order valence-corrected chi connectivity index (χ0v) is 24.6. The van der Waals surface area contributed by atoms with Crippen LogP contribution in [0.1, 0.15) is 90.6 Å². The number of nitrogens with one attached hydrogen (secondary N) is 2. The van der Waals surface area contributed by atoms with Crippen LogP contribution in [0.25, 0.3) is 11.3 Å². The molecule has 1 unspecified atom stereocenters. The highest BCUT2D eigenvalue weighted by molar-refractivity contribution is 5.94. The van der Waals surface area contributed by atoms with Gasteiger partial charge in [0.1, 0.15) is 11.5 Å². The molecule has 1 aromatic heterocycles. The molecule has 38 heavy (non-hydrogen) atoms. The normalized spacial score (nSPS) is 14.2. The van der Waals surface area contributed by atoms with Crippen molar-refractivity contribution >= 4 is 11.8 Å². The van der Waals surface area contributed by atoms with E-state index < -0.39 is 0 Å². The van der Waals surface area contributed by atoms with Crippen molar-refractivity contribution < 1.29 is 19.1 Å². The Hall–Kier alpha value is -3.03. The summed E-state index contributed by atoms with van der Waals surface area (Å²) >= 11 is 0. The average molecular weight is 529 g/mol. The smallest absolute Gasteiger partial charge is 0.272 e. The number of amides is 2. The number of carbonyl (C=O) groups excluding carboxylic acids is 2. The zero-order valence-electron chi connectivity index (χ0n) is 24.6. The standard InChI is InChI=1S/C28H42N4O4.C2H6/c1-18(2)14-21(15-26(33)29-20-10-7-8-11-20)30-28(34)22-16-23(32(31-22)17-19(3)4)27-24(35-5)12-9-13-25(27)36-6;1-2/h9,12-13,16,18-21H,7-8,10-11,14-15,17H2,1-6H3,(H,29,33)(H,30,34);1-2H3. The Bertz CT molecular complexity index is 1000. The fourth-order valence-corrected chi connectivity index (χ4v) is 4.92. The minimum absolute atomic E-state index is 0.00219. The van der Waals surface area contributed by atoms with Gasteiger partial charge in [-0.1, -0.05) is 60.5 Å². The maximum atomic E-state index is 13.4. The summed E-state index contributed by atoms with van der Waals surface area (Å²) < 4.78 is 13.1. The molecule has 0 saturated heterocycles. The van der Waals surface area contributed by atoms with Gasteiger partial charge in [0, 0.05) is 25.0 Å². The van der Waals surface area contributed by atoms with E-state index in [2.05, 4.69) is 43.4 Å². The summed E-state index contributed by atoms with van der Waals surface area (Å²) in [6.45, 7) is 13.0. The molecule has 2 N–H and O–H groups in total. The maximum absolute atomic E-state index is 13.4. The summed E-state index contributed by atoms with van der Waals surface area (Å²) in [5.74, 6) is 1.65. The average Bonchev–Trinajstić information content (AvgIpc) is 3.53. The lowest BCUT2D eigenvalue weighted by Crippen LogP contribution is -2.42. The predicted molar refractivity (Wildman–Crippen MR) is 153 cm³/mol. The van der Waals surface area contributed by atoms with E-state index in [-0.39, 0.29) is 30.3 Å². The van der Waals surface area contributed by atoms with Crippen LogP contribution in [0.5, 0.6) is 11.5 Å². The minimum Gasteiger partial charge on any atom is -0.496 e. The van der Waals surface area contributed by atoms with Crippen LogP contribution in [0.4, 0.5) is 0 Å². The minimum atomic E-state index is -0.285. The van der Waals surface area contributed by atoms with Gasteiger partial charge in [-0.2, -0.15) is 5.10 Å². The second-order valence-electron chi connectivity index (χ2n) is 10.6. The lowest BCUT2D eigenvalue weighted by molar-refractivity contribution is -0.122. The molecule has 0 bridgehead atoms. The highest BCUT2D eigenvalue weighted by Gasteiger charge is 2.25. The quantitative estimate of drug-likeness (QED) is 0.361. The van der Waals surface area contributed by atoms with Crippen molar-refractivity contribution in [1.82, 2.24) is 20.4 Å². The first-order valence-electron chi connectivity index (χ1n) is 14.1. The molecule has 3 rings (SSSR count). The molecule has 0 spiro atoms. The van der Waals surface area contributed by atoms with Crippen LogP contribution < -0.4 is 20.1 Å². The van der Waals surface area contributed by atoms with Gasteiger partial charge in [0.15, 0.2) is 5.69 Å². The number of hydrogen-bond acceptors (Lipinski definition) is 5. The van der Waals surface area contributed by atoms with Crippen molar-refractivity contribution in [3.63, 3.8) is 0 Å². The third kappa shape index (κ3) is 8.77. The second-order valence-corrected chi connectivity index (χ2v) is 10.6. The lowest BCUT2D eigenvalue weighted by atomic mass is 10.00. The van der Waals surface area contributed by atoms with E-state index in [1.54, 1.807) is 20.3 Å². The molecule has 1 fully saturated rings. The topological polar surface area (TPSA) is 94.5 Å². The van der Waals surface area contributed by atoms with Crippen LogP contribution in [0.2, 0.25) is 0 Å². The second kappa shape index (κ2) is 15.4. The van der Waals surface area contributed by atoms with Crippen LogP contribution in [-0.2, 0) is 11.3 Å². The number of carbonyl (C=O) groups is 2. The Morgan fingerprint density at radius 3 is 2.16 bits per heavy atom. The highest BCUT2D eigenvalue weighted by Crippen LogP contribution is 2.38. The van der Waals surface area contributed by atoms with Gasteiger partial charge in [-0.05, 0) is 49.3 Å². The molecule has 8 heteroatoms. The molecule has 0 aliphatic heterocycles. The monoisotopic (exact) mass is 528 g/mol. The van der Waals surface area contributed by atoms with Gasteiger partial charge in [-0.15, -0.1) is 0 Å². The van der Waals surface area contributed by atoms with Crippen molar-refractivity contribution in [2.24, 2.45) is 11.8 Å². The molecule has 1 aliphatic carbocycles. The van der Waals surface area contributed by atoms with Crippen molar-refractivity contribution in [3.8, 4) is 22.8 Å². The summed E-state index contributed by atoms with van der Waals surface area (Å²) in [5, 5.41) is 10.9. The first kappa shape index (κ1) is 31.2. The Kier molecular flexibility index (Phi) is 12.6. The molecule has 1 aromatic carbocycles. The third-order valence-corrected chi connectivity index (χ3v) is 6.48. The van der Waals surface area contributed by atoms with Crippen LogP contribution >= 0.6 is 0 Å². The van der Waals surface area contributed by atoms with Gasteiger partial charge in [-0.25, -0.2) is 0 Å². The highest BCUT2D eigenvalue weighted by atomic mass is 16.5. The van der Waals surface area contributed by atoms with E-state index in [1.165, 1.54) is 0 Å². The molecule has 1 atom stereocenters. The number of nitrogens with zero attached hydrogens (tertiary/aromatic N) is 2. The van der Waals surface area contributed by atoms with E-state index in [0.717, 1.165) is 36.9 Å². The number of methoxy groups -OCH3 is 2. The molecule has 0 radical (unpaired) electrons. The molecular formula is C30H48N4O4. The van der Waals surface area contributed by atoms with Crippen molar-refractivity contribution in [3.05, 3.63) is 30.0 Å². The molecule has 1 saturated carbocycles. The van der Waals surface area contributed by atoms with Gasteiger partial charge < -0.3 is 20.1 Å². The molecule has 8 nitrogen and oxygen atoms in total. The van der Waals surface area contributed by atoms with Gasteiger partial charge in [0.05, 0.1) is 25.5 Å². The molecule has 1 heterocycles.